The van der Waals surface area contributed by atoms with E-state index in [1.54, 1.807) is 0 Å². The minimum atomic E-state index is -1.63. The lowest BCUT2D eigenvalue weighted by atomic mass is 9.79. The minimum absolute atomic E-state index is 0.322. The Kier molecular flexibility index (Phi) is 4.46. The van der Waals surface area contributed by atoms with Gasteiger partial charge < -0.3 is 9.33 Å². The molecule has 2 rings (SSSR count). The van der Waals surface area contributed by atoms with E-state index >= 15 is 0 Å². The van der Waals surface area contributed by atoms with Crippen LogP contribution in [0.25, 0.3) is 0 Å². The molecule has 118 valence electrons. The van der Waals surface area contributed by atoms with E-state index in [1.165, 1.54) is 19.5 Å². The monoisotopic (exact) mass is 297 g/mol. The fraction of sp³-hybridized carbons (Fsp3) is 1.00. The van der Waals surface area contributed by atoms with Gasteiger partial charge in [0.2, 0.25) is 0 Å². The standard InChI is InChI=1S/C17H35NOSi/c1-12-10-18(6)11-15-13(2)16(9-14(12)15)19-20(7,8)17(3,4)5/h12-16H,9-11H2,1-8H3/t12-,13-,14-,15-,16-/m0/s1. The molecule has 1 saturated carbocycles. The lowest BCUT2D eigenvalue weighted by Gasteiger charge is -2.40. The van der Waals surface area contributed by atoms with Gasteiger partial charge in [-0.3, -0.25) is 0 Å². The molecule has 5 atom stereocenters. The number of rotatable bonds is 2. The summed E-state index contributed by atoms with van der Waals surface area (Å²) >= 11 is 0. The average molecular weight is 298 g/mol. The molecule has 1 heterocycles. The van der Waals surface area contributed by atoms with Crippen LogP contribution < -0.4 is 0 Å². The molecule has 0 radical (unpaired) electrons. The highest BCUT2D eigenvalue weighted by molar-refractivity contribution is 6.74. The summed E-state index contributed by atoms with van der Waals surface area (Å²) in [5.74, 6) is 3.28. The summed E-state index contributed by atoms with van der Waals surface area (Å²) in [7, 11) is 0.651. The van der Waals surface area contributed by atoms with Crippen LogP contribution in [0.3, 0.4) is 0 Å². The van der Waals surface area contributed by atoms with Gasteiger partial charge in [-0.2, -0.15) is 0 Å². The van der Waals surface area contributed by atoms with Crippen molar-refractivity contribution < 1.29 is 4.43 Å². The van der Waals surface area contributed by atoms with Crippen molar-refractivity contribution in [1.82, 2.24) is 4.90 Å². The molecule has 1 aliphatic heterocycles. The van der Waals surface area contributed by atoms with Crippen molar-refractivity contribution in [3.63, 3.8) is 0 Å². The highest BCUT2D eigenvalue weighted by Crippen LogP contribution is 2.48. The van der Waals surface area contributed by atoms with Gasteiger partial charge in [0.1, 0.15) is 0 Å². The number of nitrogens with zero attached hydrogens (tertiary/aromatic N) is 1. The molecule has 0 unspecified atom stereocenters. The predicted octanol–water partition coefficient (Wildman–Crippen LogP) is 4.23. The van der Waals surface area contributed by atoms with E-state index < -0.39 is 8.32 Å². The van der Waals surface area contributed by atoms with Crippen LogP contribution in [0.1, 0.15) is 41.0 Å². The fourth-order valence-corrected chi connectivity index (χ4v) is 5.47. The Morgan fingerprint density at radius 1 is 1.05 bits per heavy atom. The second-order valence-corrected chi connectivity index (χ2v) is 13.8. The molecule has 0 amide bonds. The van der Waals surface area contributed by atoms with Crippen LogP contribution in [0.5, 0.6) is 0 Å². The smallest absolute Gasteiger partial charge is 0.192 e. The van der Waals surface area contributed by atoms with Crippen molar-refractivity contribution in [3.05, 3.63) is 0 Å². The topological polar surface area (TPSA) is 12.5 Å². The summed E-state index contributed by atoms with van der Waals surface area (Å²) in [5.41, 5.74) is 0. The van der Waals surface area contributed by atoms with E-state index in [0.29, 0.717) is 11.1 Å². The molecule has 3 heteroatoms. The molecule has 2 nitrogen and oxygen atoms in total. The Hall–Kier alpha value is 0.137. The second kappa shape index (κ2) is 5.40. The lowest BCUT2D eigenvalue weighted by Crippen LogP contribution is -2.45. The molecular weight excluding hydrogens is 262 g/mol. The second-order valence-electron chi connectivity index (χ2n) is 9.04. The molecule has 2 fully saturated rings. The van der Waals surface area contributed by atoms with E-state index in [-0.39, 0.29) is 0 Å². The molecule has 0 N–H and O–H groups in total. The number of hydrogen-bond acceptors (Lipinski definition) is 2. The van der Waals surface area contributed by atoms with Crippen LogP contribution in [0.4, 0.5) is 0 Å². The van der Waals surface area contributed by atoms with E-state index in [0.717, 1.165) is 23.7 Å². The Labute approximate surface area is 127 Å². The predicted molar refractivity (Wildman–Crippen MR) is 89.5 cm³/mol. The largest absolute Gasteiger partial charge is 0.414 e. The molecule has 20 heavy (non-hydrogen) atoms. The van der Waals surface area contributed by atoms with Crippen LogP contribution >= 0.6 is 0 Å². The summed E-state index contributed by atoms with van der Waals surface area (Å²) < 4.78 is 6.77. The van der Waals surface area contributed by atoms with Gasteiger partial charge in [-0.05, 0) is 55.3 Å². The number of piperidine rings is 1. The van der Waals surface area contributed by atoms with E-state index in [9.17, 15) is 0 Å². The normalized spacial score (nSPS) is 39.9. The number of hydrogen-bond donors (Lipinski definition) is 0. The van der Waals surface area contributed by atoms with Crippen molar-refractivity contribution in [2.45, 2.75) is 65.3 Å². The highest BCUT2D eigenvalue weighted by atomic mass is 28.4. The van der Waals surface area contributed by atoms with Crippen LogP contribution in [0.15, 0.2) is 0 Å². The van der Waals surface area contributed by atoms with Crippen molar-refractivity contribution in [2.24, 2.45) is 23.7 Å². The minimum Gasteiger partial charge on any atom is -0.414 e. The maximum absolute atomic E-state index is 6.77. The third-order valence-electron chi connectivity index (χ3n) is 6.42. The number of likely N-dealkylation sites (tertiary alicyclic amines) is 1. The molecule has 0 aromatic heterocycles. The van der Waals surface area contributed by atoms with Crippen molar-refractivity contribution in [3.8, 4) is 0 Å². The van der Waals surface area contributed by atoms with Gasteiger partial charge in [0.15, 0.2) is 8.32 Å². The zero-order valence-corrected chi connectivity index (χ0v) is 15.9. The van der Waals surface area contributed by atoms with Gasteiger partial charge in [-0.15, -0.1) is 0 Å². The number of fused-ring (bicyclic) bond motifs is 1. The molecule has 0 aromatic carbocycles. The summed E-state index contributed by atoms with van der Waals surface area (Å²) in [6.45, 7) is 19.3. The third kappa shape index (κ3) is 3.00. The first-order valence-corrected chi connectivity index (χ1v) is 11.3. The fourth-order valence-electron chi connectivity index (χ4n) is 4.05. The first kappa shape index (κ1) is 16.5. The van der Waals surface area contributed by atoms with E-state index in [2.05, 4.69) is 59.7 Å². The van der Waals surface area contributed by atoms with Crippen LogP contribution in [0, 0.1) is 23.7 Å². The summed E-state index contributed by atoms with van der Waals surface area (Å²) in [6, 6.07) is 0. The molecule has 0 bridgehead atoms. The molecule has 2 aliphatic rings. The molecule has 0 aromatic rings. The Balaban J connectivity index is 2.09. The van der Waals surface area contributed by atoms with E-state index in [4.69, 9.17) is 4.43 Å². The van der Waals surface area contributed by atoms with Crippen molar-refractivity contribution >= 4 is 8.32 Å². The zero-order chi connectivity index (χ0) is 15.3. The Bertz CT molecular complexity index is 349. The van der Waals surface area contributed by atoms with Crippen LogP contribution in [-0.2, 0) is 4.43 Å². The van der Waals surface area contributed by atoms with Crippen LogP contribution in [0.2, 0.25) is 18.1 Å². The van der Waals surface area contributed by atoms with Gasteiger partial charge in [-0.1, -0.05) is 34.6 Å². The lowest BCUT2D eigenvalue weighted by molar-refractivity contribution is 0.0864. The van der Waals surface area contributed by atoms with Gasteiger partial charge in [0, 0.05) is 19.2 Å². The van der Waals surface area contributed by atoms with Gasteiger partial charge >= 0.3 is 0 Å². The highest BCUT2D eigenvalue weighted by Gasteiger charge is 2.49. The van der Waals surface area contributed by atoms with Gasteiger partial charge in [0.05, 0.1) is 0 Å². The quantitative estimate of drug-likeness (QED) is 0.707. The first-order valence-electron chi connectivity index (χ1n) is 8.39. The zero-order valence-electron chi connectivity index (χ0n) is 14.9. The third-order valence-corrected chi connectivity index (χ3v) is 10.9. The van der Waals surface area contributed by atoms with Gasteiger partial charge in [0.25, 0.3) is 0 Å². The summed E-state index contributed by atoms with van der Waals surface area (Å²) in [6.07, 6.45) is 1.80. The van der Waals surface area contributed by atoms with Crippen molar-refractivity contribution in [1.29, 1.82) is 0 Å². The van der Waals surface area contributed by atoms with E-state index in [1.807, 2.05) is 0 Å². The maximum Gasteiger partial charge on any atom is 0.192 e. The molecular formula is C17H35NOSi. The molecule has 1 aliphatic carbocycles. The Morgan fingerprint density at radius 2 is 1.65 bits per heavy atom. The maximum atomic E-state index is 6.77. The first-order chi connectivity index (χ1) is 9.03. The SMILES string of the molecule is C[C@H]1[C@@H]2CN(C)C[C@H](C)[C@@H]2C[C@@H]1O[Si](C)(C)C(C)(C)C. The summed E-state index contributed by atoms with van der Waals surface area (Å²) in [5, 5.41) is 0.322. The van der Waals surface area contributed by atoms with Crippen molar-refractivity contribution in [2.75, 3.05) is 20.1 Å². The Morgan fingerprint density at radius 3 is 2.20 bits per heavy atom. The van der Waals surface area contributed by atoms with Gasteiger partial charge in [-0.25, -0.2) is 0 Å². The molecule has 0 spiro atoms. The average Bonchev–Trinajstić information content (AvgIpc) is 2.55. The van der Waals surface area contributed by atoms with Crippen LogP contribution in [-0.4, -0.2) is 39.5 Å². The molecule has 1 saturated heterocycles. The summed E-state index contributed by atoms with van der Waals surface area (Å²) in [4.78, 5) is 2.52.